The van der Waals surface area contributed by atoms with Gasteiger partial charge in [-0.1, -0.05) is 24.3 Å². The van der Waals surface area contributed by atoms with Gasteiger partial charge in [-0.25, -0.2) is 0 Å². The summed E-state index contributed by atoms with van der Waals surface area (Å²) in [5, 5.41) is 0. The molecule has 0 radical (unpaired) electrons. The Bertz CT molecular complexity index is 697. The Kier molecular flexibility index (Phi) is 8.07. The smallest absolute Gasteiger partial charge is 0.266 e. The van der Waals surface area contributed by atoms with Gasteiger partial charge in [0.15, 0.2) is 12.6 Å². The average molecular weight is 439 g/mol. The molecular formula is C24H32F2O5. The molecule has 3 fully saturated rings. The molecule has 0 unspecified atom stereocenters. The SMILES string of the molecule is CCOC1COC(C2COC(c3ccc(C4CCC(C=C(F)F)CC4)cc3)OC2)OC1. The quantitative estimate of drug-likeness (QED) is 0.612. The van der Waals surface area contributed by atoms with Crippen LogP contribution in [0.1, 0.15) is 55.9 Å². The second-order valence-electron chi connectivity index (χ2n) is 8.61. The Balaban J connectivity index is 1.23. The highest BCUT2D eigenvalue weighted by Gasteiger charge is 2.34. The Morgan fingerprint density at radius 2 is 1.52 bits per heavy atom. The average Bonchev–Trinajstić information content (AvgIpc) is 2.80. The molecule has 3 aliphatic rings. The van der Waals surface area contributed by atoms with Crippen molar-refractivity contribution in [2.45, 2.75) is 57.2 Å². The van der Waals surface area contributed by atoms with E-state index >= 15 is 0 Å². The summed E-state index contributed by atoms with van der Waals surface area (Å²) in [7, 11) is 0. The van der Waals surface area contributed by atoms with Crippen LogP contribution in [0.2, 0.25) is 0 Å². The van der Waals surface area contributed by atoms with E-state index in [1.54, 1.807) is 0 Å². The van der Waals surface area contributed by atoms with Crippen molar-refractivity contribution >= 4 is 0 Å². The van der Waals surface area contributed by atoms with E-state index < -0.39 is 12.4 Å². The lowest BCUT2D eigenvalue weighted by atomic mass is 9.78. The molecule has 4 rings (SSSR count). The van der Waals surface area contributed by atoms with E-state index in [0.29, 0.717) is 39.0 Å². The predicted molar refractivity (Wildman–Crippen MR) is 111 cm³/mol. The summed E-state index contributed by atoms with van der Waals surface area (Å²) >= 11 is 0. The van der Waals surface area contributed by atoms with Gasteiger partial charge in [0.25, 0.3) is 6.08 Å². The maximum absolute atomic E-state index is 12.5. The van der Waals surface area contributed by atoms with Gasteiger partial charge < -0.3 is 23.7 Å². The van der Waals surface area contributed by atoms with Crippen LogP contribution in [-0.2, 0) is 23.7 Å². The van der Waals surface area contributed by atoms with Crippen molar-refractivity contribution in [1.82, 2.24) is 0 Å². The lowest BCUT2D eigenvalue weighted by Crippen LogP contribution is -2.45. The molecule has 1 saturated carbocycles. The highest BCUT2D eigenvalue weighted by Crippen LogP contribution is 2.37. The number of allylic oxidation sites excluding steroid dienone is 1. The monoisotopic (exact) mass is 438 g/mol. The zero-order chi connectivity index (χ0) is 21.6. The van der Waals surface area contributed by atoms with E-state index in [1.807, 2.05) is 19.1 Å². The molecule has 0 atom stereocenters. The standard InChI is InChI=1S/C24H32F2O5/c1-2-27-21-14-30-24(31-15-21)20-12-28-23(29-13-20)19-9-7-18(8-10-19)17-5-3-16(4-6-17)11-22(25)26/h7-11,16-17,20-21,23-24H,2-6,12-15H2,1H3. The summed E-state index contributed by atoms with van der Waals surface area (Å²) < 4.78 is 53.9. The lowest BCUT2D eigenvalue weighted by Gasteiger charge is -2.37. The summed E-state index contributed by atoms with van der Waals surface area (Å²) in [4.78, 5) is 0. The summed E-state index contributed by atoms with van der Waals surface area (Å²) in [6, 6.07) is 8.33. The maximum Gasteiger partial charge on any atom is 0.266 e. The molecule has 1 aliphatic carbocycles. The number of hydrogen-bond acceptors (Lipinski definition) is 5. The molecule has 31 heavy (non-hydrogen) atoms. The van der Waals surface area contributed by atoms with Crippen LogP contribution in [0.4, 0.5) is 8.78 Å². The third-order valence-corrected chi connectivity index (χ3v) is 6.42. The number of hydrogen-bond donors (Lipinski definition) is 0. The van der Waals surface area contributed by atoms with Gasteiger partial charge in [-0.3, -0.25) is 0 Å². The van der Waals surface area contributed by atoms with Gasteiger partial charge in [-0.05, 0) is 56.1 Å². The van der Waals surface area contributed by atoms with Crippen molar-refractivity contribution in [3.05, 3.63) is 47.5 Å². The third-order valence-electron chi connectivity index (χ3n) is 6.42. The normalized spacial score (nSPS) is 34.3. The summed E-state index contributed by atoms with van der Waals surface area (Å²) in [6.45, 7) is 4.69. The molecule has 0 amide bonds. The topological polar surface area (TPSA) is 46.2 Å². The molecule has 2 heterocycles. The summed E-state index contributed by atoms with van der Waals surface area (Å²) in [6.07, 6.45) is 2.36. The van der Waals surface area contributed by atoms with Gasteiger partial charge in [0, 0.05) is 12.2 Å². The van der Waals surface area contributed by atoms with Gasteiger partial charge in [0.1, 0.15) is 6.10 Å². The Labute approximate surface area is 182 Å². The van der Waals surface area contributed by atoms with Crippen LogP contribution in [0.15, 0.2) is 36.4 Å². The first-order valence-electron chi connectivity index (χ1n) is 11.3. The van der Waals surface area contributed by atoms with Gasteiger partial charge in [0.05, 0.1) is 32.3 Å². The van der Waals surface area contributed by atoms with Crippen molar-refractivity contribution < 1.29 is 32.5 Å². The van der Waals surface area contributed by atoms with Crippen LogP contribution in [0.5, 0.6) is 0 Å². The number of benzene rings is 1. The minimum Gasteiger partial charge on any atom is -0.374 e. The van der Waals surface area contributed by atoms with E-state index in [9.17, 15) is 8.78 Å². The van der Waals surface area contributed by atoms with Gasteiger partial charge >= 0.3 is 0 Å². The number of rotatable bonds is 6. The molecular weight excluding hydrogens is 406 g/mol. The molecule has 2 aliphatic heterocycles. The predicted octanol–water partition coefficient (Wildman–Crippen LogP) is 5.18. The molecule has 2 saturated heterocycles. The van der Waals surface area contributed by atoms with E-state index in [1.165, 1.54) is 5.56 Å². The molecule has 1 aromatic carbocycles. The minimum atomic E-state index is -1.56. The molecule has 7 heteroatoms. The fourth-order valence-corrected chi connectivity index (χ4v) is 4.70. The van der Waals surface area contributed by atoms with Crippen LogP contribution in [0, 0.1) is 11.8 Å². The highest BCUT2D eigenvalue weighted by atomic mass is 19.3. The molecule has 0 bridgehead atoms. The zero-order valence-electron chi connectivity index (χ0n) is 18.0. The summed E-state index contributed by atoms with van der Waals surface area (Å²) in [5.41, 5.74) is 2.24. The second kappa shape index (κ2) is 11.0. The van der Waals surface area contributed by atoms with E-state index in [4.69, 9.17) is 23.7 Å². The van der Waals surface area contributed by atoms with E-state index in [2.05, 4.69) is 12.1 Å². The molecule has 5 nitrogen and oxygen atoms in total. The highest BCUT2D eigenvalue weighted by molar-refractivity contribution is 5.27. The fraction of sp³-hybridized carbons (Fsp3) is 0.667. The van der Waals surface area contributed by atoms with Crippen LogP contribution in [0.25, 0.3) is 0 Å². The Morgan fingerprint density at radius 3 is 2.10 bits per heavy atom. The minimum absolute atomic E-state index is 0.00526. The van der Waals surface area contributed by atoms with Crippen LogP contribution in [-0.4, -0.2) is 45.4 Å². The molecule has 0 N–H and O–H groups in total. The largest absolute Gasteiger partial charge is 0.374 e. The van der Waals surface area contributed by atoms with Gasteiger partial charge in [-0.2, -0.15) is 8.78 Å². The molecule has 172 valence electrons. The lowest BCUT2D eigenvalue weighted by molar-refractivity contribution is -0.291. The zero-order valence-corrected chi connectivity index (χ0v) is 18.0. The summed E-state index contributed by atoms with van der Waals surface area (Å²) in [5.74, 6) is 0.483. The first-order chi connectivity index (χ1) is 15.1. The first kappa shape index (κ1) is 22.8. The number of ether oxygens (including phenoxy) is 5. The Morgan fingerprint density at radius 1 is 0.903 bits per heavy atom. The Hall–Kier alpha value is -1.38. The van der Waals surface area contributed by atoms with Crippen molar-refractivity contribution in [2.24, 2.45) is 11.8 Å². The van der Waals surface area contributed by atoms with Crippen molar-refractivity contribution in [1.29, 1.82) is 0 Å². The van der Waals surface area contributed by atoms with Crippen LogP contribution < -0.4 is 0 Å². The first-order valence-corrected chi connectivity index (χ1v) is 11.3. The number of halogens is 2. The second-order valence-corrected chi connectivity index (χ2v) is 8.61. The molecule has 0 aromatic heterocycles. The fourth-order valence-electron chi connectivity index (χ4n) is 4.70. The van der Waals surface area contributed by atoms with E-state index in [-0.39, 0.29) is 24.2 Å². The van der Waals surface area contributed by atoms with Crippen molar-refractivity contribution in [3.8, 4) is 0 Å². The molecule has 0 spiro atoms. The molecule has 1 aromatic rings. The third kappa shape index (κ3) is 6.11. The maximum atomic E-state index is 12.5. The van der Waals surface area contributed by atoms with Crippen LogP contribution >= 0.6 is 0 Å². The van der Waals surface area contributed by atoms with E-state index in [0.717, 1.165) is 37.3 Å². The van der Waals surface area contributed by atoms with Crippen molar-refractivity contribution in [3.63, 3.8) is 0 Å². The van der Waals surface area contributed by atoms with Crippen molar-refractivity contribution in [2.75, 3.05) is 33.0 Å². The van der Waals surface area contributed by atoms with Gasteiger partial charge in [-0.15, -0.1) is 0 Å². The van der Waals surface area contributed by atoms with Gasteiger partial charge in [0.2, 0.25) is 0 Å². The van der Waals surface area contributed by atoms with Crippen LogP contribution in [0.3, 0.4) is 0 Å².